The van der Waals surface area contributed by atoms with E-state index in [4.69, 9.17) is 29.7 Å². The minimum Gasteiger partial charge on any atom is -0.480 e. The standard InChI is InChI=1S/C24H36N2O10/c1-12-4-5-15-13(2)21(33-22-24(15)14(12)10-11-23(3,34-22)35-36-24)32-19(29)9-8-18(28)26-16(20(30)31)6-7-17(25)27/h12-16,21-22H,4-11H2,1-3H3,(H2,25,27)(H,26,28)(H,30,31)/t12-,13-,14+,15+,16+,21-,22-,23-,24+/m1/s1. The fourth-order valence-corrected chi connectivity index (χ4v) is 6.22. The van der Waals surface area contributed by atoms with Gasteiger partial charge in [0.05, 0.1) is 6.42 Å². The third kappa shape index (κ3) is 5.09. The summed E-state index contributed by atoms with van der Waals surface area (Å²) < 4.78 is 18.1. The van der Waals surface area contributed by atoms with Crippen molar-refractivity contribution >= 4 is 23.8 Å². The second kappa shape index (κ2) is 10.2. The molecule has 202 valence electrons. The molecule has 5 rings (SSSR count). The Labute approximate surface area is 209 Å². The summed E-state index contributed by atoms with van der Waals surface area (Å²) in [6, 6.07) is -1.27. The minimum atomic E-state index is -1.29. The number of carbonyl (C=O) groups excluding carboxylic acids is 3. The summed E-state index contributed by atoms with van der Waals surface area (Å²) in [6.07, 6.45) is 0.910. The first kappa shape index (κ1) is 26.8. The number of primary amides is 1. The van der Waals surface area contributed by atoms with Crippen LogP contribution in [-0.4, -0.2) is 58.9 Å². The second-order valence-electron chi connectivity index (χ2n) is 10.7. The predicted molar refractivity (Wildman–Crippen MR) is 120 cm³/mol. The monoisotopic (exact) mass is 512 g/mol. The van der Waals surface area contributed by atoms with Crippen molar-refractivity contribution in [2.45, 2.75) is 102 Å². The number of hydrogen-bond donors (Lipinski definition) is 3. The van der Waals surface area contributed by atoms with Crippen LogP contribution in [0.2, 0.25) is 0 Å². The van der Waals surface area contributed by atoms with Crippen molar-refractivity contribution in [2.75, 3.05) is 0 Å². The van der Waals surface area contributed by atoms with E-state index in [9.17, 15) is 24.3 Å². The molecule has 5 aliphatic rings. The lowest BCUT2D eigenvalue weighted by Gasteiger charge is -2.59. The molecule has 4 saturated heterocycles. The fourth-order valence-electron chi connectivity index (χ4n) is 6.22. The molecule has 0 unspecified atom stereocenters. The van der Waals surface area contributed by atoms with Crippen molar-refractivity contribution < 1.29 is 48.3 Å². The quantitative estimate of drug-likeness (QED) is 0.302. The van der Waals surface area contributed by atoms with Gasteiger partial charge in [-0.1, -0.05) is 13.8 Å². The Kier molecular flexibility index (Phi) is 7.61. The van der Waals surface area contributed by atoms with Gasteiger partial charge in [-0.3, -0.25) is 14.4 Å². The van der Waals surface area contributed by atoms with E-state index in [1.165, 1.54) is 0 Å². The molecule has 4 heterocycles. The van der Waals surface area contributed by atoms with Gasteiger partial charge in [-0.2, -0.15) is 0 Å². The molecule has 0 aromatic carbocycles. The van der Waals surface area contributed by atoms with Crippen molar-refractivity contribution in [3.63, 3.8) is 0 Å². The number of carbonyl (C=O) groups is 4. The lowest BCUT2D eigenvalue weighted by molar-refractivity contribution is -0.576. The normalized spacial score (nSPS) is 39.9. The zero-order valence-corrected chi connectivity index (χ0v) is 20.9. The van der Waals surface area contributed by atoms with Crippen LogP contribution in [0, 0.1) is 23.7 Å². The van der Waals surface area contributed by atoms with Crippen LogP contribution in [0.5, 0.6) is 0 Å². The Morgan fingerprint density at radius 3 is 2.53 bits per heavy atom. The lowest BCUT2D eigenvalue weighted by Crippen LogP contribution is -2.70. The maximum atomic E-state index is 12.6. The largest absolute Gasteiger partial charge is 0.480 e. The van der Waals surface area contributed by atoms with Gasteiger partial charge in [0.1, 0.15) is 6.04 Å². The van der Waals surface area contributed by atoms with Gasteiger partial charge in [0.15, 0.2) is 11.9 Å². The number of ether oxygens (including phenoxy) is 3. The third-order valence-corrected chi connectivity index (χ3v) is 8.21. The molecule has 9 atom stereocenters. The highest BCUT2D eigenvalue weighted by atomic mass is 17.3. The van der Waals surface area contributed by atoms with Crippen LogP contribution in [0.25, 0.3) is 0 Å². The Morgan fingerprint density at radius 1 is 1.08 bits per heavy atom. The summed E-state index contributed by atoms with van der Waals surface area (Å²) in [5, 5.41) is 11.5. The van der Waals surface area contributed by atoms with Crippen LogP contribution in [0.3, 0.4) is 0 Å². The average Bonchev–Trinajstić information content (AvgIpc) is 3.04. The highest BCUT2D eigenvalue weighted by Crippen LogP contribution is 2.60. The van der Waals surface area contributed by atoms with Crippen LogP contribution in [0.1, 0.15) is 72.1 Å². The number of carboxylic acids is 1. The highest BCUT2D eigenvalue weighted by molar-refractivity contribution is 5.86. The van der Waals surface area contributed by atoms with Crippen molar-refractivity contribution in [2.24, 2.45) is 29.4 Å². The molecule has 0 aromatic rings. The van der Waals surface area contributed by atoms with Crippen LogP contribution in [-0.2, 0) is 43.2 Å². The molecule has 1 spiro atoms. The zero-order chi connectivity index (χ0) is 26.3. The first-order valence-electron chi connectivity index (χ1n) is 12.7. The number of nitrogens with one attached hydrogen (secondary N) is 1. The number of nitrogens with two attached hydrogens (primary N) is 1. The maximum absolute atomic E-state index is 12.6. The van der Waals surface area contributed by atoms with E-state index >= 15 is 0 Å². The van der Waals surface area contributed by atoms with E-state index < -0.39 is 53.8 Å². The summed E-state index contributed by atoms with van der Waals surface area (Å²) in [5.74, 6) is -3.82. The minimum absolute atomic E-state index is 0.0113. The number of hydrogen-bond acceptors (Lipinski definition) is 9. The van der Waals surface area contributed by atoms with Gasteiger partial charge in [0, 0.05) is 31.1 Å². The Morgan fingerprint density at radius 2 is 1.83 bits per heavy atom. The molecular weight excluding hydrogens is 476 g/mol. The number of esters is 1. The molecule has 4 aliphatic heterocycles. The third-order valence-electron chi connectivity index (χ3n) is 8.21. The molecule has 12 heteroatoms. The summed E-state index contributed by atoms with van der Waals surface area (Å²) in [6.45, 7) is 5.97. The Bertz CT molecular complexity index is 898. The van der Waals surface area contributed by atoms with Crippen LogP contribution in [0.15, 0.2) is 0 Å². The van der Waals surface area contributed by atoms with Gasteiger partial charge in [0.2, 0.25) is 23.9 Å². The molecule has 12 nitrogen and oxygen atoms in total. The number of aliphatic carboxylic acids is 1. The molecule has 36 heavy (non-hydrogen) atoms. The predicted octanol–water partition coefficient (Wildman–Crippen LogP) is 1.35. The SMILES string of the molecule is C[C@H]1[C@H](OC(=O)CCC(=O)N[C@@H](CCC(N)=O)C(=O)O)O[C@@H]2O[C@@]3(C)CC[C@H]4[C@H](C)CC[C@@H]1[C@]24OO3. The molecule has 0 aromatic heterocycles. The zero-order valence-electron chi connectivity index (χ0n) is 20.9. The maximum Gasteiger partial charge on any atom is 0.326 e. The molecule has 1 saturated carbocycles. The number of carboxylic acid groups (broad SMARTS) is 1. The van der Waals surface area contributed by atoms with Crippen LogP contribution >= 0.6 is 0 Å². The van der Waals surface area contributed by atoms with E-state index in [0.717, 1.165) is 19.3 Å². The van der Waals surface area contributed by atoms with Crippen molar-refractivity contribution in [1.82, 2.24) is 5.32 Å². The molecule has 4 N–H and O–H groups in total. The van der Waals surface area contributed by atoms with Gasteiger partial charge in [-0.05, 0) is 44.4 Å². The Balaban J connectivity index is 1.36. The summed E-state index contributed by atoms with van der Waals surface area (Å²) >= 11 is 0. The number of rotatable bonds is 9. The van der Waals surface area contributed by atoms with E-state index in [-0.39, 0.29) is 43.4 Å². The molecule has 2 bridgehead atoms. The second-order valence-corrected chi connectivity index (χ2v) is 10.7. The first-order valence-corrected chi connectivity index (χ1v) is 12.7. The van der Waals surface area contributed by atoms with Crippen molar-refractivity contribution in [3.8, 4) is 0 Å². The van der Waals surface area contributed by atoms with Gasteiger partial charge in [-0.25, -0.2) is 14.6 Å². The van der Waals surface area contributed by atoms with E-state index in [1.54, 1.807) is 0 Å². The van der Waals surface area contributed by atoms with E-state index in [0.29, 0.717) is 12.3 Å². The average molecular weight is 513 g/mol. The van der Waals surface area contributed by atoms with E-state index in [1.807, 2.05) is 13.8 Å². The molecule has 5 fully saturated rings. The molecule has 1 aliphatic carbocycles. The summed E-state index contributed by atoms with van der Waals surface area (Å²) in [7, 11) is 0. The van der Waals surface area contributed by atoms with Crippen molar-refractivity contribution in [1.29, 1.82) is 0 Å². The number of fused-ring (bicyclic) bond motifs is 2. The van der Waals surface area contributed by atoms with Gasteiger partial charge >= 0.3 is 11.9 Å². The summed E-state index contributed by atoms with van der Waals surface area (Å²) in [5.41, 5.74) is 4.27. The molecule has 0 radical (unpaired) electrons. The smallest absolute Gasteiger partial charge is 0.326 e. The highest BCUT2D eigenvalue weighted by Gasteiger charge is 2.69. The molecular formula is C24H36N2O10. The van der Waals surface area contributed by atoms with Gasteiger partial charge in [-0.15, -0.1) is 0 Å². The van der Waals surface area contributed by atoms with Crippen molar-refractivity contribution in [3.05, 3.63) is 0 Å². The lowest BCUT2D eigenvalue weighted by atomic mass is 9.58. The van der Waals surface area contributed by atoms with Gasteiger partial charge in [0.25, 0.3) is 0 Å². The Hall–Kier alpha value is -2.28. The topological polar surface area (TPSA) is 173 Å². The van der Waals surface area contributed by atoms with E-state index in [2.05, 4.69) is 12.2 Å². The van der Waals surface area contributed by atoms with Gasteiger partial charge < -0.3 is 30.4 Å². The first-order chi connectivity index (χ1) is 16.9. The van der Waals surface area contributed by atoms with Crippen LogP contribution < -0.4 is 11.1 Å². The number of amides is 2. The summed E-state index contributed by atoms with van der Waals surface area (Å²) in [4.78, 5) is 58.9. The molecule has 2 amide bonds. The van der Waals surface area contributed by atoms with Crippen LogP contribution in [0.4, 0.5) is 0 Å². The fraction of sp³-hybridized carbons (Fsp3) is 0.833.